The maximum Gasteiger partial charge on any atom is 0.0894 e. The Morgan fingerprint density at radius 3 is 2.00 bits per heavy atom. The Morgan fingerprint density at radius 1 is 0.679 bits per heavy atom. The van der Waals surface area contributed by atoms with Crippen molar-refractivity contribution in [3.63, 3.8) is 0 Å². The summed E-state index contributed by atoms with van der Waals surface area (Å²) in [5, 5.41) is 4.26. The third-order valence-electron chi connectivity index (χ3n) is 3.98. The van der Waals surface area contributed by atoms with Gasteiger partial charge in [0.1, 0.15) is 0 Å². The van der Waals surface area contributed by atoms with E-state index in [0.717, 1.165) is 34.2 Å². The molecule has 0 radical (unpaired) electrons. The molecule has 4 aromatic rings. The molecule has 0 bridgehead atoms. The van der Waals surface area contributed by atoms with Crippen molar-refractivity contribution in [2.45, 2.75) is 6.54 Å². The van der Waals surface area contributed by atoms with Gasteiger partial charge in [0.05, 0.1) is 46.9 Å². The second-order valence-electron chi connectivity index (χ2n) is 5.98. The Bertz CT molecular complexity index is 1060. The lowest BCUT2D eigenvalue weighted by Gasteiger charge is -2.04. The minimum Gasteiger partial charge on any atom is -0.304 e. The molecule has 0 aromatic carbocycles. The molecular weight excluding hydrogens is 348 g/mol. The summed E-state index contributed by atoms with van der Waals surface area (Å²) in [4.78, 5) is 17.8. The van der Waals surface area contributed by atoms with E-state index in [-0.39, 0.29) is 0 Å². The van der Waals surface area contributed by atoms with Crippen LogP contribution in [-0.4, -0.2) is 26.2 Å². The third kappa shape index (κ3) is 4.42. The first-order chi connectivity index (χ1) is 13.9. The molecule has 4 aromatic heterocycles. The van der Waals surface area contributed by atoms with Crippen LogP contribution in [0.5, 0.6) is 0 Å². The standard InChI is InChI=1S/C22H18N6/c1-3-13-23-19(9-1)21-11-5-7-17(27-21)15-25-26-16-18-8-6-12-22(28-18)20-10-2-4-14-24-20/h1-15,26H,16H2/b25-15+. The van der Waals surface area contributed by atoms with Crippen LogP contribution < -0.4 is 5.43 Å². The fourth-order valence-electron chi connectivity index (χ4n) is 2.65. The van der Waals surface area contributed by atoms with Gasteiger partial charge < -0.3 is 5.43 Å². The molecule has 0 aliphatic rings. The summed E-state index contributed by atoms with van der Waals surface area (Å²) in [5.74, 6) is 0. The van der Waals surface area contributed by atoms with Crippen molar-refractivity contribution in [3.8, 4) is 22.8 Å². The topological polar surface area (TPSA) is 76.0 Å². The summed E-state index contributed by atoms with van der Waals surface area (Å²) in [6.07, 6.45) is 5.21. The van der Waals surface area contributed by atoms with Gasteiger partial charge in [0.2, 0.25) is 0 Å². The highest BCUT2D eigenvalue weighted by Crippen LogP contribution is 2.14. The number of hydrazone groups is 1. The normalized spacial score (nSPS) is 10.9. The zero-order chi connectivity index (χ0) is 19.0. The van der Waals surface area contributed by atoms with Gasteiger partial charge in [0, 0.05) is 12.4 Å². The van der Waals surface area contributed by atoms with E-state index >= 15 is 0 Å². The van der Waals surface area contributed by atoms with E-state index in [1.807, 2.05) is 72.8 Å². The first-order valence-electron chi connectivity index (χ1n) is 8.90. The number of nitrogens with one attached hydrogen (secondary N) is 1. The van der Waals surface area contributed by atoms with Gasteiger partial charge in [0.15, 0.2) is 0 Å². The molecule has 4 rings (SSSR count). The van der Waals surface area contributed by atoms with Crippen LogP contribution in [0.25, 0.3) is 22.8 Å². The molecule has 0 fully saturated rings. The molecule has 0 atom stereocenters. The number of hydrogen-bond acceptors (Lipinski definition) is 6. The zero-order valence-electron chi connectivity index (χ0n) is 15.1. The molecule has 28 heavy (non-hydrogen) atoms. The van der Waals surface area contributed by atoms with Crippen molar-refractivity contribution in [1.82, 2.24) is 25.4 Å². The van der Waals surface area contributed by atoms with Crippen LogP contribution in [0, 0.1) is 0 Å². The number of hydrogen-bond donors (Lipinski definition) is 1. The second kappa shape index (κ2) is 8.64. The van der Waals surface area contributed by atoms with Gasteiger partial charge in [-0.3, -0.25) is 9.97 Å². The van der Waals surface area contributed by atoms with E-state index in [0.29, 0.717) is 6.54 Å². The smallest absolute Gasteiger partial charge is 0.0894 e. The van der Waals surface area contributed by atoms with Crippen LogP contribution in [0.4, 0.5) is 0 Å². The molecule has 0 aliphatic heterocycles. The highest BCUT2D eigenvalue weighted by Gasteiger charge is 2.02. The predicted octanol–water partition coefficient (Wildman–Crippen LogP) is 3.72. The molecule has 6 heteroatoms. The summed E-state index contributed by atoms with van der Waals surface area (Å²) in [7, 11) is 0. The Kier molecular flexibility index (Phi) is 5.39. The van der Waals surface area contributed by atoms with Gasteiger partial charge in [-0.05, 0) is 48.5 Å². The quantitative estimate of drug-likeness (QED) is 0.416. The number of rotatable bonds is 6. The number of nitrogens with zero attached hydrogens (tertiary/aromatic N) is 5. The lowest BCUT2D eigenvalue weighted by Crippen LogP contribution is -2.08. The van der Waals surface area contributed by atoms with E-state index in [2.05, 4.69) is 30.5 Å². The van der Waals surface area contributed by atoms with Crippen molar-refractivity contribution < 1.29 is 0 Å². The SMILES string of the molecule is C(=N\NCc1cccc(-c2ccccn2)n1)/c1cccc(-c2ccccn2)n1. The molecule has 0 amide bonds. The van der Waals surface area contributed by atoms with Crippen molar-refractivity contribution in [3.05, 3.63) is 96.6 Å². The molecule has 0 aliphatic carbocycles. The van der Waals surface area contributed by atoms with Crippen LogP contribution in [0.1, 0.15) is 11.4 Å². The molecule has 0 spiro atoms. The van der Waals surface area contributed by atoms with Crippen molar-refractivity contribution >= 4 is 6.21 Å². The summed E-state index contributed by atoms with van der Waals surface area (Å²) in [6.45, 7) is 0.511. The van der Waals surface area contributed by atoms with Crippen LogP contribution in [-0.2, 0) is 6.54 Å². The van der Waals surface area contributed by atoms with Crippen LogP contribution in [0.2, 0.25) is 0 Å². The lowest BCUT2D eigenvalue weighted by atomic mass is 10.2. The largest absolute Gasteiger partial charge is 0.304 e. The predicted molar refractivity (Wildman–Crippen MR) is 109 cm³/mol. The van der Waals surface area contributed by atoms with Gasteiger partial charge >= 0.3 is 0 Å². The Labute approximate surface area is 163 Å². The molecule has 1 N–H and O–H groups in total. The van der Waals surface area contributed by atoms with E-state index in [1.165, 1.54) is 0 Å². The van der Waals surface area contributed by atoms with Crippen LogP contribution in [0.15, 0.2) is 90.3 Å². The van der Waals surface area contributed by atoms with Crippen molar-refractivity contribution in [2.24, 2.45) is 5.10 Å². The van der Waals surface area contributed by atoms with E-state index in [4.69, 9.17) is 0 Å². The number of pyridine rings is 4. The maximum absolute atomic E-state index is 4.62. The third-order valence-corrected chi connectivity index (χ3v) is 3.98. The summed E-state index contributed by atoms with van der Waals surface area (Å²) in [5.41, 5.74) is 8.00. The van der Waals surface area contributed by atoms with Gasteiger partial charge in [-0.15, -0.1) is 0 Å². The number of aromatic nitrogens is 4. The molecule has 136 valence electrons. The van der Waals surface area contributed by atoms with Crippen molar-refractivity contribution in [1.29, 1.82) is 0 Å². The zero-order valence-corrected chi connectivity index (χ0v) is 15.1. The Morgan fingerprint density at radius 2 is 1.32 bits per heavy atom. The fraction of sp³-hybridized carbons (Fsp3) is 0.0455. The van der Waals surface area contributed by atoms with Crippen molar-refractivity contribution in [2.75, 3.05) is 0 Å². The van der Waals surface area contributed by atoms with E-state index in [1.54, 1.807) is 18.6 Å². The van der Waals surface area contributed by atoms with Crippen LogP contribution in [0.3, 0.4) is 0 Å². The molecule has 4 heterocycles. The average Bonchev–Trinajstić information content (AvgIpc) is 2.78. The highest BCUT2D eigenvalue weighted by molar-refractivity contribution is 5.77. The van der Waals surface area contributed by atoms with Gasteiger partial charge in [-0.2, -0.15) is 5.10 Å². The highest BCUT2D eigenvalue weighted by atomic mass is 15.3. The first-order valence-corrected chi connectivity index (χ1v) is 8.90. The minimum absolute atomic E-state index is 0.511. The van der Waals surface area contributed by atoms with E-state index < -0.39 is 0 Å². The summed E-state index contributed by atoms with van der Waals surface area (Å²) in [6, 6.07) is 23.2. The molecule has 6 nitrogen and oxygen atoms in total. The summed E-state index contributed by atoms with van der Waals surface area (Å²) < 4.78 is 0. The molecular formula is C22H18N6. The Hall–Kier alpha value is -3.93. The summed E-state index contributed by atoms with van der Waals surface area (Å²) >= 11 is 0. The van der Waals surface area contributed by atoms with E-state index in [9.17, 15) is 0 Å². The lowest BCUT2D eigenvalue weighted by molar-refractivity contribution is 0.729. The molecule has 0 unspecified atom stereocenters. The average molecular weight is 366 g/mol. The fourth-order valence-corrected chi connectivity index (χ4v) is 2.65. The van der Waals surface area contributed by atoms with Gasteiger partial charge in [0.25, 0.3) is 0 Å². The second-order valence-corrected chi connectivity index (χ2v) is 5.98. The molecule has 0 saturated carbocycles. The molecule has 0 saturated heterocycles. The maximum atomic E-state index is 4.62. The monoisotopic (exact) mass is 366 g/mol. The Balaban J connectivity index is 1.40. The van der Waals surface area contributed by atoms with Crippen LogP contribution >= 0.6 is 0 Å². The van der Waals surface area contributed by atoms with Gasteiger partial charge in [-0.1, -0.05) is 24.3 Å². The van der Waals surface area contributed by atoms with Gasteiger partial charge in [-0.25, -0.2) is 9.97 Å². The minimum atomic E-state index is 0.511. The first kappa shape index (κ1) is 17.5.